The topological polar surface area (TPSA) is 78.5 Å². The van der Waals surface area contributed by atoms with Crippen LogP contribution in [0.3, 0.4) is 0 Å². The summed E-state index contributed by atoms with van der Waals surface area (Å²) in [6.07, 6.45) is 1.19. The van der Waals surface area contributed by atoms with Gasteiger partial charge in [-0.2, -0.15) is 0 Å². The molecule has 1 fully saturated rings. The van der Waals surface area contributed by atoms with Crippen LogP contribution < -0.4 is 10.6 Å². The van der Waals surface area contributed by atoms with E-state index < -0.39 is 5.25 Å². The van der Waals surface area contributed by atoms with Crippen LogP contribution in [-0.2, 0) is 14.4 Å². The SMILES string of the molecule is Cc1cccc(NC(=O)C2CCN(C(=O)C3Sc4ccccc4NC3=O)CC2)c1C. The largest absolute Gasteiger partial charge is 0.341 e. The summed E-state index contributed by atoms with van der Waals surface area (Å²) in [5, 5.41) is 5.08. The number of hydrogen-bond donors (Lipinski definition) is 2. The second-order valence-electron chi connectivity index (χ2n) is 7.82. The lowest BCUT2D eigenvalue weighted by atomic mass is 9.95. The Hall–Kier alpha value is -2.80. The third-order valence-electron chi connectivity index (χ3n) is 5.89. The number of carbonyl (C=O) groups excluding carboxylic acids is 3. The molecule has 0 bridgehead atoms. The molecule has 156 valence electrons. The first kappa shape index (κ1) is 20.5. The van der Waals surface area contributed by atoms with Gasteiger partial charge < -0.3 is 15.5 Å². The van der Waals surface area contributed by atoms with E-state index in [4.69, 9.17) is 0 Å². The zero-order valence-electron chi connectivity index (χ0n) is 17.1. The summed E-state index contributed by atoms with van der Waals surface area (Å²) < 4.78 is 0. The van der Waals surface area contributed by atoms with Gasteiger partial charge in [-0.3, -0.25) is 14.4 Å². The van der Waals surface area contributed by atoms with E-state index in [-0.39, 0.29) is 23.6 Å². The molecule has 0 saturated carbocycles. The van der Waals surface area contributed by atoms with E-state index in [1.165, 1.54) is 11.8 Å². The summed E-state index contributed by atoms with van der Waals surface area (Å²) >= 11 is 1.30. The number of para-hydroxylation sites is 1. The van der Waals surface area contributed by atoms with E-state index in [9.17, 15) is 14.4 Å². The van der Waals surface area contributed by atoms with Crippen molar-refractivity contribution < 1.29 is 14.4 Å². The maximum atomic E-state index is 13.0. The Balaban J connectivity index is 1.35. The average Bonchev–Trinajstić information content (AvgIpc) is 2.76. The average molecular weight is 424 g/mol. The predicted molar refractivity (Wildman–Crippen MR) is 119 cm³/mol. The van der Waals surface area contributed by atoms with Crippen LogP contribution >= 0.6 is 11.8 Å². The third-order valence-corrected chi connectivity index (χ3v) is 7.15. The summed E-state index contributed by atoms with van der Waals surface area (Å²) in [5.74, 6) is -0.601. The van der Waals surface area contributed by atoms with Gasteiger partial charge in [-0.1, -0.05) is 24.3 Å². The van der Waals surface area contributed by atoms with Crippen molar-refractivity contribution in [3.05, 3.63) is 53.6 Å². The van der Waals surface area contributed by atoms with E-state index in [1.807, 2.05) is 56.3 Å². The van der Waals surface area contributed by atoms with Crippen LogP contribution in [-0.4, -0.2) is 41.0 Å². The van der Waals surface area contributed by atoms with Crippen LogP contribution in [0.25, 0.3) is 0 Å². The normalized spacial score (nSPS) is 19.1. The molecule has 30 heavy (non-hydrogen) atoms. The summed E-state index contributed by atoms with van der Waals surface area (Å²) in [5.41, 5.74) is 3.79. The number of rotatable bonds is 3. The highest BCUT2D eigenvalue weighted by atomic mass is 32.2. The summed E-state index contributed by atoms with van der Waals surface area (Å²) in [6.45, 7) is 4.98. The van der Waals surface area contributed by atoms with Crippen molar-refractivity contribution in [3.8, 4) is 0 Å². The number of thioether (sulfide) groups is 1. The van der Waals surface area contributed by atoms with Gasteiger partial charge >= 0.3 is 0 Å². The highest BCUT2D eigenvalue weighted by molar-refractivity contribution is 8.01. The Kier molecular flexibility index (Phi) is 5.81. The number of nitrogens with one attached hydrogen (secondary N) is 2. The molecule has 6 nitrogen and oxygen atoms in total. The molecule has 1 saturated heterocycles. The highest BCUT2D eigenvalue weighted by Crippen LogP contribution is 2.36. The van der Waals surface area contributed by atoms with Crippen molar-refractivity contribution in [1.82, 2.24) is 4.90 Å². The molecule has 2 aromatic carbocycles. The molecule has 1 unspecified atom stereocenters. The van der Waals surface area contributed by atoms with Gasteiger partial charge in [0, 0.05) is 29.6 Å². The number of anilines is 2. The number of piperidine rings is 1. The third kappa shape index (κ3) is 4.07. The number of nitrogens with zero attached hydrogens (tertiary/aromatic N) is 1. The fourth-order valence-electron chi connectivity index (χ4n) is 3.86. The minimum absolute atomic E-state index is 0.00508. The zero-order chi connectivity index (χ0) is 21.3. The van der Waals surface area contributed by atoms with Gasteiger partial charge in [0.15, 0.2) is 5.25 Å². The van der Waals surface area contributed by atoms with Crippen molar-refractivity contribution in [3.63, 3.8) is 0 Å². The first-order valence-electron chi connectivity index (χ1n) is 10.2. The Morgan fingerprint density at radius 1 is 1.07 bits per heavy atom. The van der Waals surface area contributed by atoms with Crippen molar-refractivity contribution in [1.29, 1.82) is 0 Å². The molecule has 2 heterocycles. The molecule has 2 N–H and O–H groups in total. The van der Waals surface area contributed by atoms with Gasteiger partial charge in [0.05, 0.1) is 5.69 Å². The van der Waals surface area contributed by atoms with Crippen LogP contribution in [0.1, 0.15) is 24.0 Å². The maximum absolute atomic E-state index is 13.0. The Bertz CT molecular complexity index is 999. The summed E-state index contributed by atoms with van der Waals surface area (Å²) in [4.78, 5) is 40.7. The van der Waals surface area contributed by atoms with Gasteiger partial charge in [0.25, 0.3) is 0 Å². The molecule has 0 radical (unpaired) electrons. The lowest BCUT2D eigenvalue weighted by molar-refractivity contribution is -0.136. The van der Waals surface area contributed by atoms with E-state index in [1.54, 1.807) is 4.90 Å². The number of carbonyl (C=O) groups is 3. The lowest BCUT2D eigenvalue weighted by Gasteiger charge is -2.34. The highest BCUT2D eigenvalue weighted by Gasteiger charge is 2.37. The molecule has 0 spiro atoms. The van der Waals surface area contributed by atoms with Gasteiger partial charge in [-0.15, -0.1) is 11.8 Å². The van der Waals surface area contributed by atoms with Gasteiger partial charge in [-0.25, -0.2) is 0 Å². The van der Waals surface area contributed by atoms with E-state index in [0.29, 0.717) is 25.9 Å². The number of likely N-dealkylation sites (tertiary alicyclic amines) is 1. The number of fused-ring (bicyclic) bond motifs is 1. The molecule has 3 amide bonds. The minimum atomic E-state index is -0.778. The van der Waals surface area contributed by atoms with Crippen molar-refractivity contribution in [2.75, 3.05) is 23.7 Å². The molecule has 7 heteroatoms. The second kappa shape index (κ2) is 8.52. The van der Waals surface area contributed by atoms with Crippen LogP contribution in [0.15, 0.2) is 47.4 Å². The van der Waals surface area contributed by atoms with Crippen molar-refractivity contribution >= 4 is 40.9 Å². The van der Waals surface area contributed by atoms with Crippen LogP contribution in [0, 0.1) is 19.8 Å². The number of aryl methyl sites for hydroxylation is 1. The van der Waals surface area contributed by atoms with Crippen LogP contribution in [0.4, 0.5) is 11.4 Å². The molecule has 0 aromatic heterocycles. The van der Waals surface area contributed by atoms with Crippen molar-refractivity contribution in [2.24, 2.45) is 5.92 Å². The molecule has 0 aliphatic carbocycles. The first-order valence-corrected chi connectivity index (χ1v) is 11.0. The van der Waals surface area contributed by atoms with Gasteiger partial charge in [0.2, 0.25) is 17.7 Å². The van der Waals surface area contributed by atoms with E-state index in [0.717, 1.165) is 27.4 Å². The fourth-order valence-corrected chi connectivity index (χ4v) is 4.94. The molecule has 2 aliphatic rings. The lowest BCUT2D eigenvalue weighted by Crippen LogP contribution is -2.48. The molecular weight excluding hydrogens is 398 g/mol. The maximum Gasteiger partial charge on any atom is 0.247 e. The number of amides is 3. The molecule has 2 aliphatic heterocycles. The molecule has 2 aromatic rings. The smallest absolute Gasteiger partial charge is 0.247 e. The van der Waals surface area contributed by atoms with Crippen LogP contribution in [0.2, 0.25) is 0 Å². The number of benzene rings is 2. The Morgan fingerprint density at radius 2 is 1.80 bits per heavy atom. The zero-order valence-corrected chi connectivity index (χ0v) is 17.9. The predicted octanol–water partition coefficient (Wildman–Crippen LogP) is 3.59. The van der Waals surface area contributed by atoms with Gasteiger partial charge in [-0.05, 0) is 56.0 Å². The van der Waals surface area contributed by atoms with E-state index >= 15 is 0 Å². The second-order valence-corrected chi connectivity index (χ2v) is 8.97. The molecule has 4 rings (SSSR count). The summed E-state index contributed by atoms with van der Waals surface area (Å²) in [6, 6.07) is 13.4. The monoisotopic (exact) mass is 423 g/mol. The Labute approximate surface area is 180 Å². The fraction of sp³-hybridized carbons (Fsp3) is 0.348. The molecule has 1 atom stereocenters. The molecular formula is C23H25N3O3S. The van der Waals surface area contributed by atoms with Crippen LogP contribution in [0.5, 0.6) is 0 Å². The quantitative estimate of drug-likeness (QED) is 0.740. The minimum Gasteiger partial charge on any atom is -0.341 e. The van der Waals surface area contributed by atoms with Crippen molar-refractivity contribution in [2.45, 2.75) is 36.8 Å². The van der Waals surface area contributed by atoms with E-state index in [2.05, 4.69) is 10.6 Å². The standard InChI is InChI=1S/C23H25N3O3S/c1-14-6-5-8-17(15(14)2)24-21(27)16-10-12-26(13-11-16)23(29)20-22(28)25-18-7-3-4-9-19(18)30-20/h3-9,16,20H,10-13H2,1-2H3,(H,24,27)(H,25,28). The Morgan fingerprint density at radius 3 is 2.57 bits per heavy atom. The number of hydrogen-bond acceptors (Lipinski definition) is 4. The summed E-state index contributed by atoms with van der Waals surface area (Å²) in [7, 11) is 0. The first-order chi connectivity index (χ1) is 14.4. The van der Waals surface area contributed by atoms with Gasteiger partial charge in [0.1, 0.15) is 0 Å².